The van der Waals surface area contributed by atoms with Crippen LogP contribution in [0, 0.1) is 0 Å². The number of hydrogen-bond acceptors (Lipinski definition) is 4. The van der Waals surface area contributed by atoms with Crippen molar-refractivity contribution in [3.63, 3.8) is 0 Å². The van der Waals surface area contributed by atoms with Gasteiger partial charge in [-0.15, -0.1) is 0 Å². The molecule has 0 bridgehead atoms. The molecule has 1 saturated heterocycles. The lowest BCUT2D eigenvalue weighted by Gasteiger charge is -2.39. The molecule has 10 heteroatoms. The summed E-state index contributed by atoms with van der Waals surface area (Å²) in [4.78, 5) is 18.5. The summed E-state index contributed by atoms with van der Waals surface area (Å²) >= 11 is 11.9. The lowest BCUT2D eigenvalue weighted by molar-refractivity contribution is -0.275. The zero-order valence-electron chi connectivity index (χ0n) is 17.0. The van der Waals surface area contributed by atoms with Crippen molar-refractivity contribution >= 4 is 34.8 Å². The third kappa shape index (κ3) is 4.19. The molecule has 0 radical (unpaired) electrons. The number of benzene rings is 2. The molecule has 1 atom stereocenters. The molecule has 1 fully saturated rings. The fourth-order valence-corrected chi connectivity index (χ4v) is 4.43. The lowest BCUT2D eigenvalue weighted by atomic mass is 9.85. The maximum atomic E-state index is 14.1. The van der Waals surface area contributed by atoms with E-state index in [9.17, 15) is 18.0 Å². The van der Waals surface area contributed by atoms with Gasteiger partial charge in [0.15, 0.2) is 0 Å². The molecule has 0 aliphatic carbocycles. The summed E-state index contributed by atoms with van der Waals surface area (Å²) in [5.74, 6) is 0.108. The minimum absolute atomic E-state index is 0.0459. The van der Waals surface area contributed by atoms with Gasteiger partial charge in [0.2, 0.25) is 5.91 Å². The summed E-state index contributed by atoms with van der Waals surface area (Å²) in [6.45, 7) is 1.21. The van der Waals surface area contributed by atoms with Gasteiger partial charge in [-0.3, -0.25) is 4.79 Å². The van der Waals surface area contributed by atoms with Crippen LogP contribution < -0.4 is 0 Å². The minimum atomic E-state index is -4.74. The molecule has 2 aliphatic rings. The molecule has 2 aromatic carbocycles. The van der Waals surface area contributed by atoms with Gasteiger partial charge in [0.25, 0.3) is 5.60 Å². The quantitative estimate of drug-likeness (QED) is 0.587. The first-order valence-electron chi connectivity index (χ1n) is 9.78. The highest BCUT2D eigenvalue weighted by molar-refractivity contribution is 6.34. The van der Waals surface area contributed by atoms with Crippen LogP contribution in [0.2, 0.25) is 10.0 Å². The standard InChI is InChI=1S/C22H19Cl2F3N2O3/c1-31-12-20(30)29-10-15(11-29)13-2-4-14(5-3-13)19-9-21(32-28-19,22(25,26)27)16-6-17(23)8-18(24)7-16/h2-8,15H,9-12H2,1H3. The molecule has 5 nitrogen and oxygen atoms in total. The SMILES string of the molecule is COCC(=O)N1CC(c2ccc(C3=NOC(c4cc(Cl)cc(Cl)c4)(C(F)(F)F)C3)cc2)C1. The van der Waals surface area contributed by atoms with E-state index in [0.29, 0.717) is 18.7 Å². The first-order chi connectivity index (χ1) is 15.1. The van der Waals surface area contributed by atoms with Crippen molar-refractivity contribution in [3.05, 3.63) is 69.2 Å². The molecule has 0 saturated carbocycles. The van der Waals surface area contributed by atoms with Gasteiger partial charge in [0, 0.05) is 48.1 Å². The molecule has 0 N–H and O–H groups in total. The van der Waals surface area contributed by atoms with Gasteiger partial charge in [-0.1, -0.05) is 52.6 Å². The van der Waals surface area contributed by atoms with E-state index in [4.69, 9.17) is 32.8 Å². The van der Waals surface area contributed by atoms with Crippen molar-refractivity contribution in [3.8, 4) is 0 Å². The van der Waals surface area contributed by atoms with Crippen LogP contribution in [0.3, 0.4) is 0 Å². The summed E-state index contributed by atoms with van der Waals surface area (Å²) in [5, 5.41) is 3.93. The molecule has 170 valence electrons. The second kappa shape index (κ2) is 8.57. The molecule has 0 aromatic heterocycles. The van der Waals surface area contributed by atoms with Crippen molar-refractivity contribution in [1.82, 2.24) is 4.90 Å². The molecule has 2 heterocycles. The highest BCUT2D eigenvalue weighted by Gasteiger charge is 2.62. The van der Waals surface area contributed by atoms with Crippen LogP contribution in [0.25, 0.3) is 0 Å². The van der Waals surface area contributed by atoms with Gasteiger partial charge in [0.1, 0.15) is 6.61 Å². The molecule has 1 unspecified atom stereocenters. The van der Waals surface area contributed by atoms with Crippen molar-refractivity contribution in [2.75, 3.05) is 26.8 Å². The normalized spacial score (nSPS) is 21.2. The fourth-order valence-electron chi connectivity index (χ4n) is 3.90. The molecule has 2 aromatic rings. The molecule has 2 aliphatic heterocycles. The van der Waals surface area contributed by atoms with E-state index >= 15 is 0 Å². The summed E-state index contributed by atoms with van der Waals surface area (Å²) in [6.07, 6.45) is -5.24. The number of halogens is 5. The molecule has 4 rings (SSSR count). The highest BCUT2D eigenvalue weighted by Crippen LogP contribution is 2.49. The van der Waals surface area contributed by atoms with Gasteiger partial charge in [0.05, 0.1) is 5.71 Å². The fraction of sp³-hybridized carbons (Fsp3) is 0.364. The summed E-state index contributed by atoms with van der Waals surface area (Å²) < 4.78 is 47.2. The predicted octanol–water partition coefficient (Wildman–Crippen LogP) is 5.15. The van der Waals surface area contributed by atoms with Crippen molar-refractivity contribution in [2.24, 2.45) is 5.16 Å². The maximum absolute atomic E-state index is 14.1. The van der Waals surface area contributed by atoms with E-state index < -0.39 is 18.2 Å². The number of rotatable bonds is 5. The van der Waals surface area contributed by atoms with Crippen LogP contribution in [0.4, 0.5) is 13.2 Å². The Morgan fingerprint density at radius 3 is 2.38 bits per heavy atom. The number of carbonyl (C=O) groups is 1. The summed E-state index contributed by atoms with van der Waals surface area (Å²) in [5.41, 5.74) is -1.16. The average Bonchev–Trinajstić information content (AvgIpc) is 3.14. The molecule has 32 heavy (non-hydrogen) atoms. The Morgan fingerprint density at radius 1 is 1.19 bits per heavy atom. The average molecular weight is 487 g/mol. The number of amides is 1. The number of likely N-dealkylation sites (tertiary alicyclic amines) is 1. The molecular weight excluding hydrogens is 468 g/mol. The smallest absolute Gasteiger partial charge is 0.375 e. The first-order valence-corrected chi connectivity index (χ1v) is 10.5. The van der Waals surface area contributed by atoms with Crippen LogP contribution in [-0.2, 0) is 20.0 Å². The third-order valence-electron chi connectivity index (χ3n) is 5.73. The van der Waals surface area contributed by atoms with E-state index in [1.165, 1.54) is 25.3 Å². The Kier molecular flexibility index (Phi) is 6.13. The Hall–Kier alpha value is -2.29. The lowest BCUT2D eigenvalue weighted by Crippen LogP contribution is -2.49. The number of methoxy groups -OCH3 is 1. The summed E-state index contributed by atoms with van der Waals surface area (Å²) in [6, 6.07) is 10.8. The van der Waals surface area contributed by atoms with Crippen LogP contribution >= 0.6 is 23.2 Å². The Bertz CT molecular complexity index is 1030. The van der Waals surface area contributed by atoms with E-state index in [0.717, 1.165) is 5.56 Å². The Balaban J connectivity index is 1.50. The number of carbonyl (C=O) groups excluding carboxylic acids is 1. The van der Waals surface area contributed by atoms with Crippen LogP contribution in [0.1, 0.15) is 29.0 Å². The van der Waals surface area contributed by atoms with E-state index in [-0.39, 0.29) is 39.8 Å². The molecular formula is C22H19Cl2F3N2O3. The van der Waals surface area contributed by atoms with Gasteiger partial charge < -0.3 is 14.5 Å². The van der Waals surface area contributed by atoms with E-state index in [2.05, 4.69) is 5.16 Å². The Labute approximate surface area is 192 Å². The highest BCUT2D eigenvalue weighted by atomic mass is 35.5. The van der Waals surface area contributed by atoms with Crippen molar-refractivity contribution in [2.45, 2.75) is 24.1 Å². The van der Waals surface area contributed by atoms with Crippen LogP contribution in [0.5, 0.6) is 0 Å². The second-order valence-corrected chi connectivity index (χ2v) is 8.71. The molecule has 1 amide bonds. The number of alkyl halides is 3. The largest absolute Gasteiger partial charge is 0.435 e. The van der Waals surface area contributed by atoms with Gasteiger partial charge in [-0.05, 0) is 29.3 Å². The zero-order valence-corrected chi connectivity index (χ0v) is 18.5. The van der Waals surface area contributed by atoms with Crippen molar-refractivity contribution in [1.29, 1.82) is 0 Å². The van der Waals surface area contributed by atoms with Crippen LogP contribution in [0.15, 0.2) is 47.6 Å². The summed E-state index contributed by atoms with van der Waals surface area (Å²) in [7, 11) is 1.47. The Morgan fingerprint density at radius 2 is 1.81 bits per heavy atom. The second-order valence-electron chi connectivity index (χ2n) is 7.84. The van der Waals surface area contributed by atoms with Gasteiger partial charge in [-0.25, -0.2) is 0 Å². The van der Waals surface area contributed by atoms with Gasteiger partial charge in [-0.2, -0.15) is 13.2 Å². The number of nitrogens with zero attached hydrogens (tertiary/aromatic N) is 2. The van der Waals surface area contributed by atoms with E-state index in [1.807, 2.05) is 12.1 Å². The molecule has 0 spiro atoms. The van der Waals surface area contributed by atoms with Crippen LogP contribution in [-0.4, -0.2) is 49.5 Å². The van der Waals surface area contributed by atoms with Gasteiger partial charge >= 0.3 is 6.18 Å². The minimum Gasteiger partial charge on any atom is -0.375 e. The number of ether oxygens (including phenoxy) is 1. The first kappa shape index (κ1) is 22.9. The van der Waals surface area contributed by atoms with E-state index in [1.54, 1.807) is 17.0 Å². The van der Waals surface area contributed by atoms with Crippen molar-refractivity contribution < 1.29 is 27.5 Å². The maximum Gasteiger partial charge on any atom is 0.435 e. The number of oxime groups is 1. The zero-order chi connectivity index (χ0) is 23.1. The topological polar surface area (TPSA) is 51.1 Å². The number of hydrogen-bond donors (Lipinski definition) is 0. The third-order valence-corrected chi connectivity index (χ3v) is 6.17. The monoisotopic (exact) mass is 486 g/mol. The predicted molar refractivity (Wildman–Crippen MR) is 114 cm³/mol.